The zero-order valence-corrected chi connectivity index (χ0v) is 15.5. The molecule has 0 radical (unpaired) electrons. The van der Waals surface area contributed by atoms with Crippen molar-refractivity contribution in [2.75, 3.05) is 13.7 Å². The molecule has 0 saturated heterocycles. The number of likely N-dealkylation sites (N-methyl/N-ethyl adjacent to an activating group) is 1. The molecule has 27 heavy (non-hydrogen) atoms. The van der Waals surface area contributed by atoms with Crippen LogP contribution in [0.5, 0.6) is 0 Å². The van der Waals surface area contributed by atoms with Gasteiger partial charge in [-0.15, -0.1) is 0 Å². The zero-order chi connectivity index (χ0) is 20.0. The van der Waals surface area contributed by atoms with Crippen molar-refractivity contribution in [1.82, 2.24) is 4.90 Å². The first-order valence-corrected chi connectivity index (χ1v) is 8.53. The molecule has 0 aliphatic rings. The molecule has 142 valence electrons. The van der Waals surface area contributed by atoms with Crippen molar-refractivity contribution in [3.8, 4) is 0 Å². The van der Waals surface area contributed by atoms with Gasteiger partial charge in [-0.05, 0) is 48.4 Å². The van der Waals surface area contributed by atoms with E-state index in [1.807, 2.05) is 0 Å². The van der Waals surface area contributed by atoms with Crippen LogP contribution in [-0.4, -0.2) is 30.4 Å². The van der Waals surface area contributed by atoms with Crippen LogP contribution >= 0.6 is 11.6 Å². The van der Waals surface area contributed by atoms with Crippen LogP contribution in [0.3, 0.4) is 0 Å². The van der Waals surface area contributed by atoms with Crippen molar-refractivity contribution >= 4 is 29.6 Å². The normalized spacial score (nSPS) is 12.0. The van der Waals surface area contributed by atoms with E-state index in [0.29, 0.717) is 10.6 Å². The van der Waals surface area contributed by atoms with Crippen molar-refractivity contribution in [2.24, 2.45) is 0 Å². The van der Waals surface area contributed by atoms with Crippen molar-refractivity contribution in [3.05, 3.63) is 76.3 Å². The molecule has 0 fully saturated rings. The number of hydrogen-bond donors (Lipinski definition) is 0. The maximum Gasteiger partial charge on any atom is 0.333 e. The Kier molecular flexibility index (Phi) is 7.07. The maximum absolute atomic E-state index is 13.6. The third-order valence-electron chi connectivity index (χ3n) is 3.77. The van der Waals surface area contributed by atoms with Crippen molar-refractivity contribution in [3.63, 3.8) is 0 Å². The van der Waals surface area contributed by atoms with Crippen LogP contribution < -0.4 is 0 Å². The summed E-state index contributed by atoms with van der Waals surface area (Å²) in [5.41, 5.74) is 0.809. The second kappa shape index (κ2) is 9.28. The van der Waals surface area contributed by atoms with E-state index in [-0.39, 0.29) is 12.2 Å². The quantitative estimate of drug-likeness (QED) is 0.540. The van der Waals surface area contributed by atoms with Gasteiger partial charge < -0.3 is 9.64 Å². The minimum Gasteiger partial charge on any atom is -0.464 e. The molecule has 0 aromatic heterocycles. The minimum atomic E-state index is -1.21. The van der Waals surface area contributed by atoms with Gasteiger partial charge in [-0.1, -0.05) is 29.8 Å². The molecule has 1 amide bonds. The molecule has 2 aromatic rings. The molecule has 0 unspecified atom stereocenters. The summed E-state index contributed by atoms with van der Waals surface area (Å²) in [4.78, 5) is 25.9. The van der Waals surface area contributed by atoms with E-state index in [0.717, 1.165) is 17.0 Å². The lowest BCUT2D eigenvalue weighted by Crippen LogP contribution is -2.36. The highest BCUT2D eigenvalue weighted by Gasteiger charge is 2.29. The van der Waals surface area contributed by atoms with Crippen LogP contribution in [0.4, 0.5) is 8.78 Å². The fourth-order valence-corrected chi connectivity index (χ4v) is 2.64. The van der Waals surface area contributed by atoms with Gasteiger partial charge >= 0.3 is 5.97 Å². The summed E-state index contributed by atoms with van der Waals surface area (Å²) < 4.78 is 31.8. The minimum absolute atomic E-state index is 0.0827. The summed E-state index contributed by atoms with van der Waals surface area (Å²) in [6, 6.07) is 8.67. The van der Waals surface area contributed by atoms with Crippen LogP contribution in [0.25, 0.3) is 6.08 Å². The molecule has 4 nitrogen and oxygen atoms in total. The number of halogens is 3. The third-order valence-corrected chi connectivity index (χ3v) is 4.01. The van der Waals surface area contributed by atoms with Crippen LogP contribution in [-0.2, 0) is 14.3 Å². The highest BCUT2D eigenvalue weighted by atomic mass is 35.5. The lowest BCUT2D eigenvalue weighted by atomic mass is 10.0. The lowest BCUT2D eigenvalue weighted by Gasteiger charge is -2.26. The number of amides is 1. The number of benzene rings is 2. The van der Waals surface area contributed by atoms with Crippen molar-refractivity contribution < 1.29 is 23.1 Å². The van der Waals surface area contributed by atoms with Gasteiger partial charge in [0.2, 0.25) is 5.91 Å². The Morgan fingerprint density at radius 1 is 1.19 bits per heavy atom. The zero-order valence-electron chi connectivity index (χ0n) is 14.8. The predicted octanol–water partition coefficient (Wildman–Crippen LogP) is 4.39. The SMILES string of the molecule is CCOC(=O)[C@@H](c1ccc(F)c(F)c1)N(C)C(=O)/C=C/c1cccc(Cl)c1. The third kappa shape index (κ3) is 5.37. The van der Waals surface area contributed by atoms with Gasteiger partial charge in [-0.3, -0.25) is 4.79 Å². The van der Waals surface area contributed by atoms with Gasteiger partial charge in [-0.25, -0.2) is 13.6 Å². The van der Waals surface area contributed by atoms with Crippen LogP contribution in [0.15, 0.2) is 48.5 Å². The summed E-state index contributed by atoms with van der Waals surface area (Å²) in [5, 5.41) is 0.518. The number of hydrogen-bond acceptors (Lipinski definition) is 3. The summed E-state index contributed by atoms with van der Waals surface area (Å²) >= 11 is 5.90. The molecule has 2 aromatic carbocycles. The average molecular weight is 394 g/mol. The van der Waals surface area contributed by atoms with Gasteiger partial charge in [0.05, 0.1) is 6.61 Å². The van der Waals surface area contributed by atoms with E-state index >= 15 is 0 Å². The second-order valence-electron chi connectivity index (χ2n) is 5.67. The first kappa shape index (κ1) is 20.6. The van der Waals surface area contributed by atoms with Gasteiger partial charge in [0.1, 0.15) is 0 Å². The van der Waals surface area contributed by atoms with E-state index in [1.165, 1.54) is 25.3 Å². The van der Waals surface area contributed by atoms with Crippen molar-refractivity contribution in [1.29, 1.82) is 0 Å². The van der Waals surface area contributed by atoms with Gasteiger partial charge in [0.15, 0.2) is 17.7 Å². The van der Waals surface area contributed by atoms with E-state index in [1.54, 1.807) is 31.2 Å². The molecular weight excluding hydrogens is 376 g/mol. The lowest BCUT2D eigenvalue weighted by molar-refractivity contribution is -0.152. The molecule has 2 rings (SSSR count). The number of rotatable bonds is 6. The molecule has 0 bridgehead atoms. The highest BCUT2D eigenvalue weighted by Crippen LogP contribution is 2.24. The smallest absolute Gasteiger partial charge is 0.333 e. The summed E-state index contributed by atoms with van der Waals surface area (Å²) in [7, 11) is 1.38. The molecule has 0 aliphatic heterocycles. The van der Waals surface area contributed by atoms with Gasteiger partial charge in [0.25, 0.3) is 0 Å². The monoisotopic (exact) mass is 393 g/mol. The Morgan fingerprint density at radius 3 is 2.56 bits per heavy atom. The summed E-state index contributed by atoms with van der Waals surface area (Å²) in [6.07, 6.45) is 2.80. The predicted molar refractivity (Wildman–Crippen MR) is 99.0 cm³/mol. The molecule has 0 N–H and O–H groups in total. The Morgan fingerprint density at radius 2 is 1.93 bits per heavy atom. The summed E-state index contributed by atoms with van der Waals surface area (Å²) in [6.45, 7) is 1.69. The van der Waals surface area contributed by atoms with E-state index in [2.05, 4.69) is 0 Å². The molecule has 0 saturated carbocycles. The molecular formula is C20H18ClF2NO3. The Hall–Kier alpha value is -2.73. The van der Waals surface area contributed by atoms with Crippen LogP contribution in [0, 0.1) is 11.6 Å². The van der Waals surface area contributed by atoms with Crippen LogP contribution in [0.2, 0.25) is 5.02 Å². The van der Waals surface area contributed by atoms with E-state index in [4.69, 9.17) is 16.3 Å². The standard InChI is InChI=1S/C20H18ClF2NO3/c1-3-27-20(26)19(14-8-9-16(22)17(23)12-14)24(2)18(25)10-7-13-5-4-6-15(21)11-13/h4-12,19H,3H2,1-2H3/b10-7+/t19-/m1/s1. The highest BCUT2D eigenvalue weighted by molar-refractivity contribution is 6.30. The molecule has 0 aliphatic carbocycles. The fourth-order valence-electron chi connectivity index (χ4n) is 2.44. The number of nitrogens with zero attached hydrogens (tertiary/aromatic N) is 1. The fraction of sp³-hybridized carbons (Fsp3) is 0.200. The molecule has 0 spiro atoms. The molecule has 1 atom stereocenters. The number of esters is 1. The Labute approximate surface area is 161 Å². The number of ether oxygens (including phenoxy) is 1. The van der Waals surface area contributed by atoms with E-state index in [9.17, 15) is 18.4 Å². The number of carbonyl (C=O) groups is 2. The summed E-state index contributed by atoms with van der Waals surface area (Å²) in [5.74, 6) is -3.42. The Bertz CT molecular complexity index is 870. The molecule has 0 heterocycles. The number of carbonyl (C=O) groups excluding carboxylic acids is 2. The first-order chi connectivity index (χ1) is 12.8. The van der Waals surface area contributed by atoms with Gasteiger partial charge in [-0.2, -0.15) is 0 Å². The largest absolute Gasteiger partial charge is 0.464 e. The average Bonchev–Trinajstić information content (AvgIpc) is 2.63. The van der Waals surface area contributed by atoms with Crippen LogP contribution in [0.1, 0.15) is 24.1 Å². The first-order valence-electron chi connectivity index (χ1n) is 8.15. The Balaban J connectivity index is 2.29. The van der Waals surface area contributed by atoms with Crippen molar-refractivity contribution in [2.45, 2.75) is 13.0 Å². The van der Waals surface area contributed by atoms with E-state index < -0.39 is 29.6 Å². The second-order valence-corrected chi connectivity index (χ2v) is 6.10. The maximum atomic E-state index is 13.6. The van der Waals surface area contributed by atoms with Gasteiger partial charge in [0, 0.05) is 18.1 Å². The molecule has 7 heteroatoms. The topological polar surface area (TPSA) is 46.6 Å².